The maximum absolute atomic E-state index is 14.1. The summed E-state index contributed by atoms with van der Waals surface area (Å²) >= 11 is 0. The Bertz CT molecular complexity index is 475. The van der Waals surface area contributed by atoms with Crippen molar-refractivity contribution in [1.29, 1.82) is 0 Å². The lowest BCUT2D eigenvalue weighted by Crippen LogP contribution is -2.39. The number of hydrogen-bond acceptors (Lipinski definition) is 5. The molecular formula is C14H19FN2O3. The Morgan fingerprint density at radius 2 is 2.20 bits per heavy atom. The number of methoxy groups -OCH3 is 1. The van der Waals surface area contributed by atoms with Crippen LogP contribution in [0.3, 0.4) is 0 Å². The van der Waals surface area contributed by atoms with Crippen molar-refractivity contribution in [3.63, 3.8) is 0 Å². The summed E-state index contributed by atoms with van der Waals surface area (Å²) in [5.41, 5.74) is 6.99. The molecule has 0 aliphatic carbocycles. The fourth-order valence-electron chi connectivity index (χ4n) is 2.34. The fraction of sp³-hybridized carbons (Fsp3) is 0.500. The molecule has 0 saturated carbocycles. The number of para-hydroxylation sites is 1. The monoisotopic (exact) mass is 282 g/mol. The van der Waals surface area contributed by atoms with E-state index in [1.54, 1.807) is 12.1 Å². The number of rotatable bonds is 4. The number of benzene rings is 1. The van der Waals surface area contributed by atoms with Crippen LogP contribution in [0.2, 0.25) is 0 Å². The molecule has 0 radical (unpaired) electrons. The zero-order valence-electron chi connectivity index (χ0n) is 11.5. The van der Waals surface area contributed by atoms with E-state index in [1.807, 2.05) is 4.90 Å². The number of carbonyl (C=O) groups is 1. The molecule has 1 unspecified atom stereocenters. The van der Waals surface area contributed by atoms with Gasteiger partial charge in [-0.2, -0.15) is 0 Å². The molecule has 1 fully saturated rings. The molecule has 2 N–H and O–H groups in total. The summed E-state index contributed by atoms with van der Waals surface area (Å²) < 4.78 is 24.0. The molecule has 0 spiro atoms. The summed E-state index contributed by atoms with van der Waals surface area (Å²) in [6.45, 7) is 2.39. The standard InChI is InChI=1S/C14H19FN2O3/c1-19-14(18)12(16)9-10-3-2-4-11(15)13(10)17-5-7-20-8-6-17/h2-4,12H,5-9,16H2,1H3. The first-order valence-corrected chi connectivity index (χ1v) is 6.57. The quantitative estimate of drug-likeness (QED) is 0.824. The second-order valence-electron chi connectivity index (χ2n) is 4.68. The summed E-state index contributed by atoms with van der Waals surface area (Å²) in [5, 5.41) is 0. The topological polar surface area (TPSA) is 64.8 Å². The summed E-state index contributed by atoms with van der Waals surface area (Å²) in [4.78, 5) is 13.3. The highest BCUT2D eigenvalue weighted by molar-refractivity contribution is 5.76. The maximum Gasteiger partial charge on any atom is 0.322 e. The van der Waals surface area contributed by atoms with Gasteiger partial charge in [-0.05, 0) is 11.6 Å². The molecule has 110 valence electrons. The van der Waals surface area contributed by atoms with E-state index in [1.165, 1.54) is 13.2 Å². The van der Waals surface area contributed by atoms with Gasteiger partial charge in [-0.25, -0.2) is 4.39 Å². The minimum atomic E-state index is -0.790. The molecule has 1 aromatic rings. The smallest absolute Gasteiger partial charge is 0.322 e. The molecule has 5 nitrogen and oxygen atoms in total. The van der Waals surface area contributed by atoms with Crippen molar-refractivity contribution in [1.82, 2.24) is 0 Å². The number of nitrogens with two attached hydrogens (primary N) is 1. The number of anilines is 1. The van der Waals surface area contributed by atoms with Gasteiger partial charge < -0.3 is 20.1 Å². The summed E-state index contributed by atoms with van der Waals surface area (Å²) in [6.07, 6.45) is 0.247. The Kier molecular flexibility index (Phi) is 4.92. The van der Waals surface area contributed by atoms with Gasteiger partial charge in [-0.1, -0.05) is 12.1 Å². The Balaban J connectivity index is 2.23. The third-order valence-electron chi connectivity index (χ3n) is 3.34. The molecule has 1 aliphatic rings. The van der Waals surface area contributed by atoms with Crippen LogP contribution in [0.1, 0.15) is 5.56 Å². The van der Waals surface area contributed by atoms with Crippen LogP contribution in [0.25, 0.3) is 0 Å². The van der Waals surface area contributed by atoms with Crippen molar-refractivity contribution in [2.45, 2.75) is 12.5 Å². The Morgan fingerprint density at radius 1 is 1.50 bits per heavy atom. The van der Waals surface area contributed by atoms with Crippen molar-refractivity contribution in [2.75, 3.05) is 38.3 Å². The number of morpholine rings is 1. The lowest BCUT2D eigenvalue weighted by Gasteiger charge is -2.31. The van der Waals surface area contributed by atoms with Crippen LogP contribution in [0.4, 0.5) is 10.1 Å². The van der Waals surface area contributed by atoms with Crippen LogP contribution < -0.4 is 10.6 Å². The van der Waals surface area contributed by atoms with Crippen LogP contribution in [-0.4, -0.2) is 45.4 Å². The largest absolute Gasteiger partial charge is 0.468 e. The van der Waals surface area contributed by atoms with Gasteiger partial charge in [0.1, 0.15) is 11.9 Å². The Labute approximate surface area is 117 Å². The Morgan fingerprint density at radius 3 is 2.85 bits per heavy atom. The minimum Gasteiger partial charge on any atom is -0.468 e. The normalized spacial score (nSPS) is 16.9. The first-order chi connectivity index (χ1) is 9.63. The molecule has 20 heavy (non-hydrogen) atoms. The SMILES string of the molecule is COC(=O)C(N)Cc1cccc(F)c1N1CCOCC1. The molecule has 0 aromatic heterocycles. The van der Waals surface area contributed by atoms with Gasteiger partial charge in [-0.15, -0.1) is 0 Å². The lowest BCUT2D eigenvalue weighted by atomic mass is 10.0. The lowest BCUT2D eigenvalue weighted by molar-refractivity contribution is -0.142. The summed E-state index contributed by atoms with van der Waals surface area (Å²) in [7, 11) is 1.29. The first-order valence-electron chi connectivity index (χ1n) is 6.57. The number of halogens is 1. The molecule has 1 aromatic carbocycles. The molecule has 2 rings (SSSR count). The third kappa shape index (κ3) is 3.26. The number of hydrogen-bond donors (Lipinski definition) is 1. The van der Waals surface area contributed by atoms with Crippen LogP contribution in [0.15, 0.2) is 18.2 Å². The van der Waals surface area contributed by atoms with Gasteiger partial charge in [0.25, 0.3) is 0 Å². The predicted octanol–water partition coefficient (Wildman–Crippen LogP) is 0.705. The van der Waals surface area contributed by atoms with E-state index in [2.05, 4.69) is 4.74 Å². The molecular weight excluding hydrogens is 263 g/mol. The van der Waals surface area contributed by atoms with Gasteiger partial charge in [0.05, 0.1) is 26.0 Å². The number of nitrogens with zero attached hydrogens (tertiary/aromatic N) is 1. The maximum atomic E-state index is 14.1. The van der Waals surface area contributed by atoms with E-state index in [0.717, 1.165) is 0 Å². The molecule has 1 saturated heterocycles. The van der Waals surface area contributed by atoms with Gasteiger partial charge in [0.15, 0.2) is 0 Å². The molecule has 1 heterocycles. The molecule has 0 bridgehead atoms. The summed E-state index contributed by atoms with van der Waals surface area (Å²) in [5.74, 6) is -0.802. The second-order valence-corrected chi connectivity index (χ2v) is 4.68. The van der Waals surface area contributed by atoms with Crippen molar-refractivity contribution in [2.24, 2.45) is 5.73 Å². The van der Waals surface area contributed by atoms with Gasteiger partial charge in [-0.3, -0.25) is 4.79 Å². The predicted molar refractivity (Wildman–Crippen MR) is 73.1 cm³/mol. The van der Waals surface area contributed by atoms with E-state index < -0.39 is 12.0 Å². The molecule has 6 heteroatoms. The minimum absolute atomic E-state index is 0.247. The van der Waals surface area contributed by atoms with E-state index >= 15 is 0 Å². The van der Waals surface area contributed by atoms with E-state index in [0.29, 0.717) is 37.6 Å². The van der Waals surface area contributed by atoms with Gasteiger partial charge in [0.2, 0.25) is 0 Å². The van der Waals surface area contributed by atoms with Gasteiger partial charge in [0, 0.05) is 19.5 Å². The molecule has 1 aliphatic heterocycles. The highest BCUT2D eigenvalue weighted by atomic mass is 19.1. The van der Waals surface area contributed by atoms with E-state index in [-0.39, 0.29) is 12.2 Å². The van der Waals surface area contributed by atoms with Crippen molar-refractivity contribution >= 4 is 11.7 Å². The average Bonchev–Trinajstić information content (AvgIpc) is 2.47. The van der Waals surface area contributed by atoms with Crippen LogP contribution in [0.5, 0.6) is 0 Å². The van der Waals surface area contributed by atoms with Crippen LogP contribution >= 0.6 is 0 Å². The van der Waals surface area contributed by atoms with Gasteiger partial charge >= 0.3 is 5.97 Å². The third-order valence-corrected chi connectivity index (χ3v) is 3.34. The number of carbonyl (C=O) groups excluding carboxylic acids is 1. The van der Waals surface area contributed by atoms with E-state index in [9.17, 15) is 9.18 Å². The van der Waals surface area contributed by atoms with Crippen LogP contribution in [0, 0.1) is 5.82 Å². The Hall–Kier alpha value is -1.66. The number of esters is 1. The first kappa shape index (κ1) is 14.7. The second kappa shape index (κ2) is 6.67. The fourth-order valence-corrected chi connectivity index (χ4v) is 2.34. The van der Waals surface area contributed by atoms with E-state index in [4.69, 9.17) is 10.5 Å². The summed E-state index contributed by atoms with van der Waals surface area (Å²) in [6, 6.07) is 4.04. The van der Waals surface area contributed by atoms with Crippen molar-refractivity contribution in [3.05, 3.63) is 29.6 Å². The van der Waals surface area contributed by atoms with Crippen LogP contribution in [-0.2, 0) is 20.7 Å². The molecule has 0 amide bonds. The highest BCUT2D eigenvalue weighted by Crippen LogP contribution is 2.26. The van der Waals surface area contributed by atoms with Crippen molar-refractivity contribution in [3.8, 4) is 0 Å². The zero-order chi connectivity index (χ0) is 14.5. The average molecular weight is 282 g/mol. The number of ether oxygens (including phenoxy) is 2. The molecule has 1 atom stereocenters. The zero-order valence-corrected chi connectivity index (χ0v) is 11.5. The van der Waals surface area contributed by atoms with Crippen molar-refractivity contribution < 1.29 is 18.7 Å². The highest BCUT2D eigenvalue weighted by Gasteiger charge is 2.22.